The van der Waals surface area contributed by atoms with Crippen LogP contribution in [0.1, 0.15) is 25.1 Å². The van der Waals surface area contributed by atoms with Crippen LogP contribution in [0.5, 0.6) is 0 Å². The van der Waals surface area contributed by atoms with E-state index in [1.165, 1.54) is 0 Å². The molecule has 0 saturated heterocycles. The molecule has 90 valence electrons. The lowest BCUT2D eigenvalue weighted by Crippen LogP contribution is -2.08. The normalized spacial score (nSPS) is 12.7. The average Bonchev–Trinajstić information content (AvgIpc) is 2.81. The Labute approximate surface area is 122 Å². The molecule has 1 atom stereocenters. The van der Waals surface area contributed by atoms with Crippen molar-refractivity contribution in [2.24, 2.45) is 5.73 Å². The minimum atomic E-state index is -0.0433. The maximum Gasteiger partial charge on any atom is 0.0998 e. The lowest BCUT2D eigenvalue weighted by Gasteiger charge is -2.03. The fourth-order valence-corrected chi connectivity index (χ4v) is 2.15. The molecule has 6 heteroatoms. The first kappa shape index (κ1) is 13.0. The van der Waals surface area contributed by atoms with Crippen molar-refractivity contribution in [1.29, 1.82) is 0 Å². The molecule has 0 radical (unpaired) electrons. The molecule has 1 aromatic heterocycles. The molecule has 2 N–H and O–H groups in total. The quantitative estimate of drug-likeness (QED) is 0.797. The first-order chi connectivity index (χ1) is 8.11. The summed E-state index contributed by atoms with van der Waals surface area (Å²) in [7, 11) is 0. The zero-order chi connectivity index (χ0) is 12.4. The van der Waals surface area contributed by atoms with E-state index in [0.717, 1.165) is 25.8 Å². The molecular weight excluding hydrogens is 395 g/mol. The van der Waals surface area contributed by atoms with Crippen molar-refractivity contribution in [2.75, 3.05) is 0 Å². The van der Waals surface area contributed by atoms with E-state index in [2.05, 4.69) is 48.8 Å². The Morgan fingerprint density at radius 1 is 1.53 bits per heavy atom. The Morgan fingerprint density at radius 3 is 2.94 bits per heavy atom. The van der Waals surface area contributed by atoms with E-state index in [1.807, 2.05) is 31.3 Å². The van der Waals surface area contributed by atoms with Crippen LogP contribution in [0.25, 0.3) is 5.69 Å². The van der Waals surface area contributed by atoms with Gasteiger partial charge in [0.2, 0.25) is 0 Å². The Morgan fingerprint density at radius 2 is 2.29 bits per heavy atom. The van der Waals surface area contributed by atoms with E-state index in [-0.39, 0.29) is 6.04 Å². The van der Waals surface area contributed by atoms with Gasteiger partial charge in [0, 0.05) is 8.04 Å². The molecule has 2 aromatic rings. The van der Waals surface area contributed by atoms with Crippen molar-refractivity contribution in [3.63, 3.8) is 0 Å². The van der Waals surface area contributed by atoms with Crippen LogP contribution in [0.3, 0.4) is 0 Å². The van der Waals surface area contributed by atoms with Gasteiger partial charge in [0.15, 0.2) is 0 Å². The summed E-state index contributed by atoms with van der Waals surface area (Å²) < 4.78 is 3.96. The molecule has 0 bridgehead atoms. The molecule has 0 aliphatic rings. The largest absolute Gasteiger partial charge is 0.323 e. The fourth-order valence-electron chi connectivity index (χ4n) is 1.41. The fraction of sp³-hybridized carbons (Fsp3) is 0.273. The van der Waals surface area contributed by atoms with Crippen molar-refractivity contribution in [2.45, 2.75) is 19.4 Å². The van der Waals surface area contributed by atoms with Gasteiger partial charge in [-0.2, -0.15) is 0 Å². The molecule has 0 fully saturated rings. The molecule has 1 heterocycles. The number of aromatic nitrogens is 3. The molecule has 1 unspecified atom stereocenters. The molecule has 0 aliphatic carbocycles. The predicted molar refractivity (Wildman–Crippen MR) is 79.0 cm³/mol. The third-order valence-corrected chi connectivity index (χ3v) is 4.82. The van der Waals surface area contributed by atoms with Gasteiger partial charge in [0.05, 0.1) is 23.6 Å². The van der Waals surface area contributed by atoms with Crippen LogP contribution >= 0.6 is 38.5 Å². The summed E-state index contributed by atoms with van der Waals surface area (Å²) >= 11 is 5.74. The number of hydrogen-bond acceptors (Lipinski definition) is 3. The van der Waals surface area contributed by atoms with Gasteiger partial charge in [-0.25, -0.2) is 4.68 Å². The van der Waals surface area contributed by atoms with Crippen molar-refractivity contribution in [1.82, 2.24) is 15.0 Å². The van der Waals surface area contributed by atoms with Gasteiger partial charge in [-0.1, -0.05) is 12.1 Å². The molecule has 0 aliphatic heterocycles. The third-order valence-electron chi connectivity index (χ3n) is 2.50. The average molecular weight is 407 g/mol. The third kappa shape index (κ3) is 2.86. The Bertz CT molecular complexity index is 526. The van der Waals surface area contributed by atoms with Gasteiger partial charge < -0.3 is 5.73 Å². The molecule has 17 heavy (non-hydrogen) atoms. The minimum absolute atomic E-state index is 0.0433. The molecule has 4 nitrogen and oxygen atoms in total. The van der Waals surface area contributed by atoms with Gasteiger partial charge in [0.1, 0.15) is 0 Å². The zero-order valence-corrected chi connectivity index (χ0v) is 13.0. The van der Waals surface area contributed by atoms with E-state index in [0.29, 0.717) is 0 Å². The van der Waals surface area contributed by atoms with E-state index >= 15 is 0 Å². The van der Waals surface area contributed by atoms with Crippen molar-refractivity contribution >= 4 is 38.5 Å². The van der Waals surface area contributed by atoms with Crippen LogP contribution in [0.2, 0.25) is 0 Å². The second-order valence-electron chi connectivity index (χ2n) is 3.70. The lowest BCUT2D eigenvalue weighted by atomic mass is 10.2. The number of nitrogens with zero attached hydrogens (tertiary/aromatic N) is 3. The highest BCUT2D eigenvalue weighted by atomic mass is 127. The molecule has 0 amide bonds. The summed E-state index contributed by atoms with van der Waals surface area (Å²) in [5, 5.41) is 8.18. The molecule has 2 rings (SSSR count). The van der Waals surface area contributed by atoms with Crippen LogP contribution in [0.4, 0.5) is 0 Å². The van der Waals surface area contributed by atoms with Crippen LogP contribution < -0.4 is 5.73 Å². The number of benzene rings is 1. The summed E-state index contributed by atoms with van der Waals surface area (Å²) in [5.41, 5.74) is 7.73. The highest BCUT2D eigenvalue weighted by Gasteiger charge is 2.09. The maximum absolute atomic E-state index is 5.91. The predicted octanol–water partition coefficient (Wildman–Crippen LogP) is 3.04. The van der Waals surface area contributed by atoms with Crippen molar-refractivity contribution in [3.05, 3.63) is 38.1 Å². The lowest BCUT2D eigenvalue weighted by molar-refractivity contribution is 0.670. The molecular formula is C11H12BrIN4. The number of nitrogens with two attached hydrogens (primary N) is 1. The second-order valence-corrected chi connectivity index (χ2v) is 5.72. The van der Waals surface area contributed by atoms with Gasteiger partial charge in [-0.15, -0.1) is 5.10 Å². The van der Waals surface area contributed by atoms with Gasteiger partial charge in [-0.3, -0.25) is 0 Å². The number of hydrogen-bond donors (Lipinski definition) is 1. The number of rotatable bonds is 3. The summed E-state index contributed by atoms with van der Waals surface area (Å²) in [4.78, 5) is 0. The number of halogens is 2. The van der Waals surface area contributed by atoms with Crippen LogP contribution in [-0.4, -0.2) is 15.0 Å². The van der Waals surface area contributed by atoms with E-state index < -0.39 is 0 Å². The first-order valence-electron chi connectivity index (χ1n) is 5.25. The summed E-state index contributed by atoms with van der Waals surface area (Å²) in [6.45, 7) is 2.03. The highest BCUT2D eigenvalue weighted by Crippen LogP contribution is 2.22. The van der Waals surface area contributed by atoms with Crippen LogP contribution in [-0.2, 0) is 0 Å². The zero-order valence-electron chi connectivity index (χ0n) is 9.27. The summed E-state index contributed by atoms with van der Waals surface area (Å²) in [6.07, 6.45) is 2.74. The molecule has 1 aromatic carbocycles. The monoisotopic (exact) mass is 406 g/mol. The van der Waals surface area contributed by atoms with Gasteiger partial charge >= 0.3 is 0 Å². The van der Waals surface area contributed by atoms with Crippen molar-refractivity contribution in [3.8, 4) is 5.69 Å². The van der Waals surface area contributed by atoms with Gasteiger partial charge in [-0.05, 0) is 63.1 Å². The molecule has 0 spiro atoms. The summed E-state index contributed by atoms with van der Waals surface area (Å²) in [5.74, 6) is 0. The first-order valence-corrected chi connectivity index (χ1v) is 7.12. The standard InChI is InChI=1S/C11H12BrIN4/c1-2-10(14)11-6-17(16-15-11)7-3-4-8(12)9(13)5-7/h3-6,10H,2,14H2,1H3. The Balaban J connectivity index is 2.33. The van der Waals surface area contributed by atoms with E-state index in [1.54, 1.807) is 4.68 Å². The highest BCUT2D eigenvalue weighted by molar-refractivity contribution is 14.1. The summed E-state index contributed by atoms with van der Waals surface area (Å²) in [6, 6.07) is 5.99. The Hall–Kier alpha value is -0.470. The van der Waals surface area contributed by atoms with Crippen molar-refractivity contribution < 1.29 is 0 Å². The smallest absolute Gasteiger partial charge is 0.0998 e. The van der Waals surface area contributed by atoms with Crippen LogP contribution in [0.15, 0.2) is 28.9 Å². The Kier molecular flexibility index (Phi) is 4.16. The second kappa shape index (κ2) is 5.45. The van der Waals surface area contributed by atoms with E-state index in [4.69, 9.17) is 5.73 Å². The van der Waals surface area contributed by atoms with Gasteiger partial charge in [0.25, 0.3) is 0 Å². The molecule has 0 saturated carbocycles. The maximum atomic E-state index is 5.91. The SMILES string of the molecule is CCC(N)c1cn(-c2ccc(Br)c(I)c2)nn1. The van der Waals surface area contributed by atoms with E-state index in [9.17, 15) is 0 Å². The topological polar surface area (TPSA) is 56.7 Å². The minimum Gasteiger partial charge on any atom is -0.323 e. The van der Waals surface area contributed by atoms with Crippen LogP contribution in [0, 0.1) is 3.57 Å².